The number of H-pyrrole nitrogens is 1. The van der Waals surface area contributed by atoms with Crippen molar-refractivity contribution in [2.24, 2.45) is 12.5 Å². The molecule has 12 nitrogen and oxygen atoms in total. The van der Waals surface area contributed by atoms with Crippen LogP contribution in [-0.4, -0.2) is 71.2 Å². The second-order valence-electron chi connectivity index (χ2n) is 13.7. The molecule has 1 aromatic carbocycles. The zero-order valence-corrected chi connectivity index (χ0v) is 28.2. The Morgan fingerprint density at radius 1 is 1.17 bits per heavy atom. The van der Waals surface area contributed by atoms with Crippen LogP contribution in [0.25, 0.3) is 27.7 Å². The number of anilines is 3. The number of para-hydroxylation sites is 1. The summed E-state index contributed by atoms with van der Waals surface area (Å²) in [6.07, 6.45) is 11.6. The summed E-state index contributed by atoms with van der Waals surface area (Å²) < 4.78 is 8.06. The number of fused-ring (bicyclic) bond motifs is 1. The second kappa shape index (κ2) is 12.8. The van der Waals surface area contributed by atoms with E-state index in [-0.39, 0.29) is 18.6 Å². The third kappa shape index (κ3) is 6.79. The molecule has 0 bridgehead atoms. The van der Waals surface area contributed by atoms with Gasteiger partial charge in [0.2, 0.25) is 17.7 Å². The molecule has 1 fully saturated rings. The first-order valence-electron chi connectivity index (χ1n) is 16.5. The lowest BCUT2D eigenvalue weighted by molar-refractivity contribution is -0.117. The molecule has 4 aromatic heterocycles. The lowest BCUT2D eigenvalue weighted by Crippen LogP contribution is -2.33. The highest BCUT2D eigenvalue weighted by molar-refractivity contribution is 6.06. The van der Waals surface area contributed by atoms with Crippen molar-refractivity contribution in [3.05, 3.63) is 72.1 Å². The topological polar surface area (TPSA) is 139 Å². The van der Waals surface area contributed by atoms with Crippen LogP contribution in [0.15, 0.2) is 55.1 Å². The molecule has 1 amide bonds. The smallest absolute Gasteiger partial charge is 0.238 e. The number of nitrogens with zero attached hydrogens (tertiary/aromatic N) is 7. The minimum absolute atomic E-state index is 0.0357. The number of aryl methyl sites for hydroxylation is 3. The number of likely N-dealkylation sites (tertiary alicyclic amines) is 1. The Morgan fingerprint density at radius 3 is 2.83 bits per heavy atom. The second-order valence-corrected chi connectivity index (χ2v) is 13.7. The van der Waals surface area contributed by atoms with Crippen LogP contribution in [0.5, 0.6) is 5.88 Å². The van der Waals surface area contributed by atoms with Crippen molar-refractivity contribution in [2.75, 3.05) is 30.3 Å². The molecule has 0 spiro atoms. The third-order valence-corrected chi connectivity index (χ3v) is 9.40. The summed E-state index contributed by atoms with van der Waals surface area (Å²) in [5.74, 6) is 1.66. The maximum absolute atomic E-state index is 13.2. The number of hydrogen-bond donors (Lipinski definition) is 3. The summed E-state index contributed by atoms with van der Waals surface area (Å²) in [5, 5.41) is 11.7. The summed E-state index contributed by atoms with van der Waals surface area (Å²) >= 11 is 0. The summed E-state index contributed by atoms with van der Waals surface area (Å²) in [6, 6.07) is 9.78. The van der Waals surface area contributed by atoms with Crippen molar-refractivity contribution in [1.82, 2.24) is 39.6 Å². The largest absolute Gasteiger partial charge is 0.473 e. The average Bonchev–Trinajstić information content (AvgIpc) is 3.77. The molecule has 5 aromatic rings. The predicted octanol–water partition coefficient (Wildman–Crippen LogP) is 6.19. The monoisotopic (exact) mass is 646 g/mol. The maximum atomic E-state index is 13.2. The molecule has 3 N–H and O–H groups in total. The number of amides is 1. The van der Waals surface area contributed by atoms with Gasteiger partial charge in [0.25, 0.3) is 0 Å². The molecule has 48 heavy (non-hydrogen) atoms. The lowest BCUT2D eigenvalue weighted by atomic mass is 9.78. The minimum Gasteiger partial charge on any atom is -0.473 e. The molecule has 0 radical (unpaired) electrons. The van der Waals surface area contributed by atoms with Crippen LogP contribution >= 0.6 is 0 Å². The Bertz CT molecular complexity index is 1990. The van der Waals surface area contributed by atoms with Crippen LogP contribution in [0.3, 0.4) is 0 Å². The normalized spacial score (nSPS) is 17.8. The molecular formula is C36H42N10O2. The van der Waals surface area contributed by atoms with Crippen molar-refractivity contribution >= 4 is 39.8 Å². The number of carbonyl (C=O) groups is 1. The Hall–Kier alpha value is -5.10. The van der Waals surface area contributed by atoms with E-state index in [2.05, 4.69) is 60.5 Å². The van der Waals surface area contributed by atoms with Gasteiger partial charge in [0.1, 0.15) is 12.4 Å². The van der Waals surface area contributed by atoms with Crippen molar-refractivity contribution < 1.29 is 9.53 Å². The highest BCUT2D eigenvalue weighted by Crippen LogP contribution is 2.38. The van der Waals surface area contributed by atoms with Gasteiger partial charge in [-0.1, -0.05) is 32.1 Å². The van der Waals surface area contributed by atoms with E-state index < -0.39 is 0 Å². The van der Waals surface area contributed by atoms with E-state index in [1.165, 1.54) is 5.57 Å². The molecule has 2 aliphatic rings. The first kappa shape index (κ1) is 31.5. The summed E-state index contributed by atoms with van der Waals surface area (Å²) in [5.41, 5.74) is 7.80. The molecule has 7 rings (SSSR count). The number of benzene rings is 1. The van der Waals surface area contributed by atoms with Gasteiger partial charge in [-0.15, -0.1) is 0 Å². The fourth-order valence-electron chi connectivity index (χ4n) is 6.45. The fraction of sp³-hybridized carbons (Fsp3) is 0.389. The van der Waals surface area contributed by atoms with Crippen molar-refractivity contribution in [1.29, 1.82) is 0 Å². The van der Waals surface area contributed by atoms with Crippen LogP contribution in [0.2, 0.25) is 0 Å². The number of carbonyl (C=O) groups excluding carboxylic acids is 1. The molecule has 1 atom stereocenters. The molecule has 12 heteroatoms. The van der Waals surface area contributed by atoms with Gasteiger partial charge in [0.05, 0.1) is 29.1 Å². The Labute approximate surface area is 280 Å². The van der Waals surface area contributed by atoms with E-state index in [1.54, 1.807) is 17.2 Å². The summed E-state index contributed by atoms with van der Waals surface area (Å²) in [7, 11) is 1.90. The Balaban J connectivity index is 0.985. The van der Waals surface area contributed by atoms with Crippen LogP contribution < -0.4 is 15.4 Å². The predicted molar refractivity (Wildman–Crippen MR) is 187 cm³/mol. The number of aromatic nitrogens is 7. The average molecular weight is 647 g/mol. The highest BCUT2D eigenvalue weighted by atomic mass is 16.5. The van der Waals surface area contributed by atoms with Crippen molar-refractivity contribution in [2.45, 2.75) is 59.5 Å². The van der Waals surface area contributed by atoms with Crippen molar-refractivity contribution in [3.8, 4) is 17.1 Å². The van der Waals surface area contributed by atoms with Crippen LogP contribution in [-0.2, 0) is 11.8 Å². The molecule has 1 saturated heterocycles. The van der Waals surface area contributed by atoms with E-state index in [1.807, 2.05) is 57.4 Å². The number of rotatable bonds is 9. The van der Waals surface area contributed by atoms with Gasteiger partial charge in [-0.2, -0.15) is 5.10 Å². The van der Waals surface area contributed by atoms with Crippen LogP contribution in [0.1, 0.15) is 56.5 Å². The summed E-state index contributed by atoms with van der Waals surface area (Å²) in [4.78, 5) is 36.9. The Morgan fingerprint density at radius 2 is 2.04 bits per heavy atom. The molecule has 5 heterocycles. The molecule has 1 unspecified atom stereocenters. The SMILES string of the molecule is Cc1cnc(Nc2cc(C)n(C)n2)nc1-c1c[nH]c2c(NC(=O)CN3CCC(Oc4cc(C5=CCC(C)(C)CC5)ncn4)C3)cccc12. The van der Waals surface area contributed by atoms with Gasteiger partial charge in [-0.05, 0) is 62.1 Å². The molecule has 1 aliphatic heterocycles. The zero-order valence-electron chi connectivity index (χ0n) is 28.2. The van der Waals surface area contributed by atoms with Gasteiger partial charge in [-0.25, -0.2) is 19.9 Å². The molecule has 1 aliphatic carbocycles. The minimum atomic E-state index is -0.0776. The zero-order chi connectivity index (χ0) is 33.4. The molecule has 0 saturated carbocycles. The Kier molecular flexibility index (Phi) is 8.42. The fourth-order valence-corrected chi connectivity index (χ4v) is 6.45. The van der Waals surface area contributed by atoms with Gasteiger partial charge in [0.15, 0.2) is 5.82 Å². The summed E-state index contributed by atoms with van der Waals surface area (Å²) in [6.45, 7) is 10.3. The quantitative estimate of drug-likeness (QED) is 0.171. The third-order valence-electron chi connectivity index (χ3n) is 9.40. The van der Waals surface area contributed by atoms with E-state index in [4.69, 9.17) is 9.72 Å². The first-order valence-corrected chi connectivity index (χ1v) is 16.5. The van der Waals surface area contributed by atoms with Crippen molar-refractivity contribution in [3.63, 3.8) is 0 Å². The van der Waals surface area contributed by atoms with E-state index in [9.17, 15) is 4.79 Å². The van der Waals surface area contributed by atoms with Gasteiger partial charge >= 0.3 is 0 Å². The van der Waals surface area contributed by atoms with Gasteiger partial charge in [-0.3, -0.25) is 14.4 Å². The molecule has 248 valence electrons. The number of nitrogens with one attached hydrogen (secondary N) is 3. The number of hydrogen-bond acceptors (Lipinski definition) is 9. The van der Waals surface area contributed by atoms with E-state index >= 15 is 0 Å². The van der Waals surface area contributed by atoms with Gasteiger partial charge in [0, 0.05) is 61.3 Å². The number of allylic oxidation sites excluding steroid dienone is 2. The first-order chi connectivity index (χ1) is 23.1. The van der Waals surface area contributed by atoms with E-state index in [0.29, 0.717) is 29.6 Å². The lowest BCUT2D eigenvalue weighted by Gasteiger charge is -2.28. The number of aromatic amines is 1. The maximum Gasteiger partial charge on any atom is 0.238 e. The van der Waals surface area contributed by atoms with Gasteiger partial charge < -0.3 is 20.4 Å². The highest BCUT2D eigenvalue weighted by Gasteiger charge is 2.27. The van der Waals surface area contributed by atoms with Crippen LogP contribution in [0, 0.1) is 19.3 Å². The molecular weight excluding hydrogens is 604 g/mol. The van der Waals surface area contributed by atoms with Crippen LogP contribution in [0.4, 0.5) is 17.5 Å². The number of ether oxygens (including phenoxy) is 1. The van der Waals surface area contributed by atoms with E-state index in [0.717, 1.165) is 77.0 Å². The standard InChI is InChI=1S/C36H42N10O2/c1-22-17-38-35(42-30-15-23(2)45(5)44-30)43-33(22)27-18-37-34-26(27)7-6-8-28(34)41-31(47)20-46-14-11-25(19-46)48-32-16-29(39-21-40-32)24-9-12-36(3,4)13-10-24/h6-9,15-18,21,25,37H,10-14,19-20H2,1-5H3,(H,41,47)(H,38,42,43,44).